The number of hydrogen-bond donors (Lipinski definition) is 2. The molecule has 2 N–H and O–H groups in total. The van der Waals surface area contributed by atoms with Gasteiger partial charge in [-0.15, -0.1) is 0 Å². The Balaban J connectivity index is 1.60. The van der Waals surface area contributed by atoms with E-state index >= 15 is 0 Å². The Labute approximate surface area is 131 Å². The first-order valence-electron chi connectivity index (χ1n) is 7.23. The number of benzene rings is 2. The van der Waals surface area contributed by atoms with Crippen molar-refractivity contribution in [2.45, 2.75) is 6.61 Å². The second-order valence-electron chi connectivity index (χ2n) is 5.13. The molecule has 0 bridgehead atoms. The zero-order valence-corrected chi connectivity index (χ0v) is 12.2. The molecule has 0 spiro atoms. The smallest absolute Gasteiger partial charge is 0.274 e. The number of nitrogens with zero attached hydrogens (tertiary/aromatic N) is 2. The Bertz CT molecular complexity index is 965. The molecule has 0 amide bonds. The molecule has 4 aromatic rings. The summed E-state index contributed by atoms with van der Waals surface area (Å²) in [4.78, 5) is 19.7. The number of ether oxygens (including phenoxy) is 1. The van der Waals surface area contributed by atoms with Crippen molar-refractivity contribution in [1.29, 1.82) is 0 Å². The fourth-order valence-corrected chi connectivity index (χ4v) is 2.40. The quantitative estimate of drug-likeness (QED) is 0.608. The predicted molar refractivity (Wildman–Crippen MR) is 86.8 cm³/mol. The van der Waals surface area contributed by atoms with E-state index < -0.39 is 0 Å². The monoisotopic (exact) mass is 306 g/mol. The lowest BCUT2D eigenvalue weighted by Gasteiger charge is -2.03. The van der Waals surface area contributed by atoms with Gasteiger partial charge in [0.05, 0.1) is 16.7 Å². The number of rotatable bonds is 4. The maximum Gasteiger partial charge on any atom is 0.274 e. The van der Waals surface area contributed by atoms with E-state index in [1.807, 2.05) is 54.6 Å². The molecule has 0 aliphatic rings. The van der Waals surface area contributed by atoms with Crippen LogP contribution >= 0.6 is 0 Å². The predicted octanol–water partition coefficient (Wildman–Crippen LogP) is 2.62. The molecule has 2 heterocycles. The fraction of sp³-hybridized carbons (Fsp3) is 0.0588. The van der Waals surface area contributed by atoms with Crippen LogP contribution < -0.4 is 10.3 Å². The van der Waals surface area contributed by atoms with Gasteiger partial charge in [-0.2, -0.15) is 4.68 Å². The van der Waals surface area contributed by atoms with E-state index in [1.54, 1.807) is 0 Å². The lowest BCUT2D eigenvalue weighted by atomic mass is 10.3. The summed E-state index contributed by atoms with van der Waals surface area (Å²) in [5.74, 6) is 1.21. The highest BCUT2D eigenvalue weighted by Crippen LogP contribution is 2.13. The van der Waals surface area contributed by atoms with Crippen molar-refractivity contribution in [3.63, 3.8) is 0 Å². The van der Waals surface area contributed by atoms with E-state index in [9.17, 15) is 4.79 Å². The van der Waals surface area contributed by atoms with E-state index in [0.717, 1.165) is 16.8 Å². The van der Waals surface area contributed by atoms with Crippen molar-refractivity contribution in [3.8, 4) is 11.7 Å². The molecule has 0 unspecified atom stereocenters. The first-order chi connectivity index (χ1) is 11.3. The van der Waals surface area contributed by atoms with Crippen molar-refractivity contribution in [2.75, 3.05) is 0 Å². The van der Waals surface area contributed by atoms with Crippen LogP contribution in [0.1, 0.15) is 5.69 Å². The number of hydrogen-bond acceptors (Lipinski definition) is 3. The van der Waals surface area contributed by atoms with Crippen LogP contribution in [0.3, 0.4) is 0 Å². The Kier molecular flexibility index (Phi) is 3.20. The van der Waals surface area contributed by atoms with Crippen LogP contribution in [-0.2, 0) is 6.61 Å². The van der Waals surface area contributed by atoms with Crippen LogP contribution in [0.15, 0.2) is 65.5 Å². The van der Waals surface area contributed by atoms with Crippen LogP contribution in [0, 0.1) is 0 Å². The average Bonchev–Trinajstić information content (AvgIpc) is 3.17. The summed E-state index contributed by atoms with van der Waals surface area (Å²) in [5.41, 5.74) is 2.19. The lowest BCUT2D eigenvalue weighted by Crippen LogP contribution is -2.14. The molecular formula is C17H14N4O2. The Morgan fingerprint density at radius 2 is 1.83 bits per heavy atom. The maximum atomic E-state index is 12.1. The molecule has 6 heteroatoms. The molecule has 0 saturated carbocycles. The minimum absolute atomic E-state index is 0.185. The SMILES string of the molecule is O=c1cc(COc2ccccc2)[nH]n1-c1nc2ccccc2[nH]1. The van der Waals surface area contributed by atoms with Gasteiger partial charge in [0.1, 0.15) is 12.4 Å². The van der Waals surface area contributed by atoms with Gasteiger partial charge in [-0.3, -0.25) is 9.89 Å². The molecule has 0 atom stereocenters. The highest BCUT2D eigenvalue weighted by atomic mass is 16.5. The van der Waals surface area contributed by atoms with Gasteiger partial charge in [-0.1, -0.05) is 30.3 Å². The number of nitrogens with one attached hydrogen (secondary N) is 2. The van der Waals surface area contributed by atoms with Crippen molar-refractivity contribution in [1.82, 2.24) is 19.7 Å². The number of aromatic amines is 2. The third-order valence-electron chi connectivity index (χ3n) is 3.50. The normalized spacial score (nSPS) is 11.0. The summed E-state index contributed by atoms with van der Waals surface area (Å²) < 4.78 is 7.02. The molecule has 2 aromatic heterocycles. The van der Waals surface area contributed by atoms with Crippen LogP contribution in [0.25, 0.3) is 17.0 Å². The number of imidazole rings is 1. The Morgan fingerprint density at radius 1 is 1.04 bits per heavy atom. The lowest BCUT2D eigenvalue weighted by molar-refractivity contribution is 0.300. The summed E-state index contributed by atoms with van der Waals surface area (Å²) in [7, 11) is 0. The molecule has 23 heavy (non-hydrogen) atoms. The van der Waals surface area contributed by atoms with Crippen molar-refractivity contribution >= 4 is 11.0 Å². The summed E-state index contributed by atoms with van der Waals surface area (Å²) in [6.07, 6.45) is 0. The number of para-hydroxylation sites is 3. The topological polar surface area (TPSA) is 75.7 Å². The van der Waals surface area contributed by atoms with Crippen LogP contribution in [0.4, 0.5) is 0 Å². The van der Waals surface area contributed by atoms with Gasteiger partial charge in [0.2, 0.25) is 5.95 Å². The average molecular weight is 306 g/mol. The van der Waals surface area contributed by atoms with Crippen LogP contribution in [0.5, 0.6) is 5.75 Å². The van der Waals surface area contributed by atoms with Crippen LogP contribution in [-0.4, -0.2) is 19.7 Å². The molecule has 2 aromatic carbocycles. The summed E-state index contributed by atoms with van der Waals surface area (Å²) in [6.45, 7) is 0.284. The molecular weight excluding hydrogens is 292 g/mol. The highest BCUT2D eigenvalue weighted by Gasteiger charge is 2.09. The largest absolute Gasteiger partial charge is 0.487 e. The van der Waals surface area contributed by atoms with Crippen molar-refractivity contribution < 1.29 is 4.74 Å². The number of fused-ring (bicyclic) bond motifs is 1. The summed E-state index contributed by atoms with van der Waals surface area (Å²) in [5, 5.41) is 3.01. The second kappa shape index (κ2) is 5.49. The van der Waals surface area contributed by atoms with Gasteiger partial charge in [-0.05, 0) is 24.3 Å². The first kappa shape index (κ1) is 13.4. The van der Waals surface area contributed by atoms with Gasteiger partial charge >= 0.3 is 0 Å². The highest BCUT2D eigenvalue weighted by molar-refractivity contribution is 5.75. The van der Waals surface area contributed by atoms with Crippen molar-refractivity contribution in [2.24, 2.45) is 0 Å². The van der Waals surface area contributed by atoms with Gasteiger partial charge in [0, 0.05) is 6.07 Å². The first-order valence-corrected chi connectivity index (χ1v) is 7.23. The Hall–Kier alpha value is -3.28. The Morgan fingerprint density at radius 3 is 2.65 bits per heavy atom. The molecule has 0 aliphatic carbocycles. The van der Waals surface area contributed by atoms with Gasteiger partial charge in [0.25, 0.3) is 5.56 Å². The summed E-state index contributed by atoms with van der Waals surface area (Å²) >= 11 is 0. The zero-order valence-electron chi connectivity index (χ0n) is 12.2. The van der Waals surface area contributed by atoms with Crippen LogP contribution in [0.2, 0.25) is 0 Å². The fourth-order valence-electron chi connectivity index (χ4n) is 2.40. The number of H-pyrrole nitrogens is 2. The maximum absolute atomic E-state index is 12.1. The molecule has 0 aliphatic heterocycles. The van der Waals surface area contributed by atoms with Gasteiger partial charge in [-0.25, -0.2) is 4.98 Å². The molecule has 0 saturated heterocycles. The third kappa shape index (κ3) is 2.62. The minimum Gasteiger partial charge on any atom is -0.487 e. The minimum atomic E-state index is -0.185. The molecule has 4 rings (SSSR count). The van der Waals surface area contributed by atoms with E-state index in [1.165, 1.54) is 10.7 Å². The molecule has 6 nitrogen and oxygen atoms in total. The van der Waals surface area contributed by atoms with E-state index in [-0.39, 0.29) is 12.2 Å². The zero-order chi connectivity index (χ0) is 15.6. The van der Waals surface area contributed by atoms with Crippen molar-refractivity contribution in [3.05, 3.63) is 76.7 Å². The van der Waals surface area contributed by atoms with Gasteiger partial charge < -0.3 is 9.72 Å². The van der Waals surface area contributed by atoms with E-state index in [0.29, 0.717) is 11.6 Å². The third-order valence-corrected chi connectivity index (χ3v) is 3.50. The summed E-state index contributed by atoms with van der Waals surface area (Å²) in [6, 6.07) is 18.6. The molecule has 0 fully saturated rings. The van der Waals surface area contributed by atoms with Gasteiger partial charge in [0.15, 0.2) is 0 Å². The standard InChI is InChI=1S/C17H14N4O2/c22-16-10-12(11-23-13-6-2-1-3-7-13)20-21(16)17-18-14-8-4-5-9-15(14)19-17/h1-10,20H,11H2,(H,18,19). The second-order valence-corrected chi connectivity index (χ2v) is 5.13. The van der Waals surface area contributed by atoms with E-state index in [4.69, 9.17) is 4.74 Å². The molecule has 0 radical (unpaired) electrons. The molecule has 114 valence electrons. The van der Waals surface area contributed by atoms with E-state index in [2.05, 4.69) is 15.1 Å². The number of aromatic nitrogens is 4.